The number of anilines is 1. The third-order valence-corrected chi connectivity index (χ3v) is 4.14. The molecule has 1 aliphatic rings. The van der Waals surface area contributed by atoms with Gasteiger partial charge in [0.25, 0.3) is 0 Å². The van der Waals surface area contributed by atoms with E-state index in [1.807, 2.05) is 36.7 Å². The minimum absolute atomic E-state index is 0.356. The number of aromatic nitrogens is 3. The Kier molecular flexibility index (Phi) is 3.79. The first-order chi connectivity index (χ1) is 10.1. The van der Waals surface area contributed by atoms with E-state index in [1.165, 1.54) is 0 Å². The molecule has 1 fully saturated rings. The average molecular weight is 287 g/mol. The SMILES string of the molecule is Cc1nnc(CN2CCN(c3ccccc3O)CC2)n1C. The van der Waals surface area contributed by atoms with Crippen molar-refractivity contribution in [1.29, 1.82) is 0 Å². The monoisotopic (exact) mass is 287 g/mol. The van der Waals surface area contributed by atoms with Crippen LogP contribution in [0, 0.1) is 6.92 Å². The van der Waals surface area contributed by atoms with Gasteiger partial charge in [-0.25, -0.2) is 0 Å². The molecule has 3 rings (SSSR count). The van der Waals surface area contributed by atoms with Crippen LogP contribution in [0.5, 0.6) is 5.75 Å². The number of hydrogen-bond donors (Lipinski definition) is 1. The third kappa shape index (κ3) is 2.85. The van der Waals surface area contributed by atoms with Crippen LogP contribution in [0.25, 0.3) is 0 Å². The summed E-state index contributed by atoms with van der Waals surface area (Å²) in [6.45, 7) is 6.53. The minimum atomic E-state index is 0.356. The van der Waals surface area contributed by atoms with E-state index in [-0.39, 0.29) is 0 Å². The first-order valence-electron chi connectivity index (χ1n) is 7.25. The number of phenolic OH excluding ortho intramolecular Hbond substituents is 1. The number of phenols is 1. The Balaban J connectivity index is 1.61. The fourth-order valence-corrected chi connectivity index (χ4v) is 2.67. The summed E-state index contributed by atoms with van der Waals surface area (Å²) in [5.41, 5.74) is 0.923. The van der Waals surface area contributed by atoms with Crippen LogP contribution in [0.1, 0.15) is 11.6 Å². The van der Waals surface area contributed by atoms with Crippen LogP contribution in [-0.4, -0.2) is 50.9 Å². The van der Waals surface area contributed by atoms with Gasteiger partial charge in [-0.2, -0.15) is 0 Å². The lowest BCUT2D eigenvalue weighted by molar-refractivity contribution is 0.241. The number of benzene rings is 1. The summed E-state index contributed by atoms with van der Waals surface area (Å²) in [6.07, 6.45) is 0. The first kappa shape index (κ1) is 13.9. The highest BCUT2D eigenvalue weighted by Gasteiger charge is 2.20. The van der Waals surface area contributed by atoms with Gasteiger partial charge < -0.3 is 14.6 Å². The molecule has 0 saturated carbocycles. The molecule has 1 aliphatic heterocycles. The molecule has 2 heterocycles. The van der Waals surface area contributed by atoms with Crippen LogP contribution >= 0.6 is 0 Å². The van der Waals surface area contributed by atoms with E-state index in [2.05, 4.69) is 20.0 Å². The number of aromatic hydroxyl groups is 1. The second-order valence-corrected chi connectivity index (χ2v) is 5.47. The largest absolute Gasteiger partial charge is 0.506 e. The summed E-state index contributed by atoms with van der Waals surface area (Å²) < 4.78 is 2.04. The zero-order chi connectivity index (χ0) is 14.8. The predicted molar refractivity (Wildman–Crippen MR) is 81.3 cm³/mol. The number of rotatable bonds is 3. The normalized spacial score (nSPS) is 16.4. The Morgan fingerprint density at radius 3 is 2.43 bits per heavy atom. The molecular weight excluding hydrogens is 266 g/mol. The van der Waals surface area contributed by atoms with E-state index in [9.17, 15) is 5.11 Å². The summed E-state index contributed by atoms with van der Waals surface area (Å²) in [6, 6.07) is 7.52. The van der Waals surface area contributed by atoms with Gasteiger partial charge in [0, 0.05) is 33.2 Å². The zero-order valence-electron chi connectivity index (χ0n) is 12.5. The number of nitrogens with zero attached hydrogens (tertiary/aromatic N) is 5. The quantitative estimate of drug-likeness (QED) is 0.918. The van der Waals surface area contributed by atoms with Gasteiger partial charge in [-0.15, -0.1) is 10.2 Å². The molecular formula is C15H21N5O. The molecule has 6 heteroatoms. The van der Waals surface area contributed by atoms with E-state index in [1.54, 1.807) is 6.07 Å². The van der Waals surface area contributed by atoms with Gasteiger partial charge in [-0.05, 0) is 19.1 Å². The van der Waals surface area contributed by atoms with Gasteiger partial charge in [0.05, 0.1) is 12.2 Å². The van der Waals surface area contributed by atoms with E-state index < -0.39 is 0 Å². The van der Waals surface area contributed by atoms with Crippen LogP contribution in [0.4, 0.5) is 5.69 Å². The fraction of sp³-hybridized carbons (Fsp3) is 0.467. The number of piperazine rings is 1. The van der Waals surface area contributed by atoms with Crippen molar-refractivity contribution in [2.45, 2.75) is 13.5 Å². The summed E-state index contributed by atoms with van der Waals surface area (Å²) in [7, 11) is 2.00. The van der Waals surface area contributed by atoms with Crippen LogP contribution in [0.3, 0.4) is 0 Å². The van der Waals surface area contributed by atoms with Crippen LogP contribution < -0.4 is 4.90 Å². The van der Waals surface area contributed by atoms with Gasteiger partial charge in [0.2, 0.25) is 0 Å². The van der Waals surface area contributed by atoms with Gasteiger partial charge in [0.15, 0.2) is 0 Å². The molecule has 0 amide bonds. The smallest absolute Gasteiger partial charge is 0.146 e. The molecule has 0 radical (unpaired) electrons. The molecule has 1 N–H and O–H groups in total. The van der Waals surface area contributed by atoms with Crippen molar-refractivity contribution in [3.63, 3.8) is 0 Å². The molecule has 1 aromatic heterocycles. The maximum atomic E-state index is 9.93. The number of hydrogen-bond acceptors (Lipinski definition) is 5. The van der Waals surface area contributed by atoms with Crippen molar-refractivity contribution in [2.75, 3.05) is 31.1 Å². The number of aryl methyl sites for hydroxylation is 1. The Morgan fingerprint density at radius 1 is 1.10 bits per heavy atom. The standard InChI is InChI=1S/C15H21N5O/c1-12-16-17-15(18(12)2)11-19-7-9-20(10-8-19)13-5-3-4-6-14(13)21/h3-6,21H,7-11H2,1-2H3. The van der Waals surface area contributed by atoms with Crippen LogP contribution in [0.15, 0.2) is 24.3 Å². The van der Waals surface area contributed by atoms with Crippen molar-refractivity contribution in [1.82, 2.24) is 19.7 Å². The van der Waals surface area contributed by atoms with E-state index in [4.69, 9.17) is 0 Å². The van der Waals surface area contributed by atoms with Crippen molar-refractivity contribution < 1.29 is 5.11 Å². The van der Waals surface area contributed by atoms with Gasteiger partial charge >= 0.3 is 0 Å². The molecule has 0 atom stereocenters. The third-order valence-electron chi connectivity index (χ3n) is 4.14. The van der Waals surface area contributed by atoms with E-state index in [0.29, 0.717) is 5.75 Å². The second-order valence-electron chi connectivity index (χ2n) is 5.47. The van der Waals surface area contributed by atoms with Gasteiger partial charge in [0.1, 0.15) is 17.4 Å². The first-order valence-corrected chi connectivity index (χ1v) is 7.25. The van der Waals surface area contributed by atoms with Gasteiger partial charge in [-0.1, -0.05) is 12.1 Å². The highest BCUT2D eigenvalue weighted by atomic mass is 16.3. The summed E-state index contributed by atoms with van der Waals surface area (Å²) >= 11 is 0. The Hall–Kier alpha value is -2.08. The molecule has 2 aromatic rings. The summed E-state index contributed by atoms with van der Waals surface area (Å²) in [4.78, 5) is 4.60. The Bertz CT molecular complexity index is 616. The summed E-state index contributed by atoms with van der Waals surface area (Å²) in [5.74, 6) is 2.30. The van der Waals surface area contributed by atoms with Crippen LogP contribution in [-0.2, 0) is 13.6 Å². The van der Waals surface area contributed by atoms with E-state index >= 15 is 0 Å². The second kappa shape index (κ2) is 5.73. The molecule has 21 heavy (non-hydrogen) atoms. The Morgan fingerprint density at radius 2 is 1.81 bits per heavy atom. The molecule has 0 bridgehead atoms. The van der Waals surface area contributed by atoms with E-state index in [0.717, 1.165) is 50.1 Å². The number of para-hydroxylation sites is 2. The molecule has 0 spiro atoms. The van der Waals surface area contributed by atoms with Crippen molar-refractivity contribution >= 4 is 5.69 Å². The summed E-state index contributed by atoms with van der Waals surface area (Å²) in [5, 5.41) is 18.2. The molecule has 1 aromatic carbocycles. The lowest BCUT2D eigenvalue weighted by Crippen LogP contribution is -2.46. The molecule has 1 saturated heterocycles. The fourth-order valence-electron chi connectivity index (χ4n) is 2.67. The van der Waals surface area contributed by atoms with Crippen molar-refractivity contribution in [2.24, 2.45) is 7.05 Å². The lowest BCUT2D eigenvalue weighted by Gasteiger charge is -2.36. The topological polar surface area (TPSA) is 57.4 Å². The molecule has 0 unspecified atom stereocenters. The van der Waals surface area contributed by atoms with Crippen LogP contribution in [0.2, 0.25) is 0 Å². The maximum absolute atomic E-state index is 9.93. The average Bonchev–Trinajstić information content (AvgIpc) is 2.81. The van der Waals surface area contributed by atoms with Gasteiger partial charge in [-0.3, -0.25) is 4.90 Å². The molecule has 0 aliphatic carbocycles. The molecule has 6 nitrogen and oxygen atoms in total. The highest BCUT2D eigenvalue weighted by molar-refractivity contribution is 5.57. The lowest BCUT2D eigenvalue weighted by atomic mass is 10.2. The van der Waals surface area contributed by atoms with Crippen molar-refractivity contribution in [3.05, 3.63) is 35.9 Å². The Labute approximate surface area is 124 Å². The maximum Gasteiger partial charge on any atom is 0.146 e. The van der Waals surface area contributed by atoms with Crippen molar-refractivity contribution in [3.8, 4) is 5.75 Å². The zero-order valence-corrected chi connectivity index (χ0v) is 12.5. The molecule has 112 valence electrons. The highest BCUT2D eigenvalue weighted by Crippen LogP contribution is 2.27. The minimum Gasteiger partial charge on any atom is -0.506 e. The predicted octanol–water partition coefficient (Wildman–Crippen LogP) is 1.15.